The number of aromatic nitrogens is 2. The molecule has 1 unspecified atom stereocenters. The van der Waals surface area contributed by atoms with E-state index >= 15 is 0 Å². The predicted octanol–water partition coefficient (Wildman–Crippen LogP) is 2.72. The normalized spacial score (nSPS) is 18.2. The van der Waals surface area contributed by atoms with E-state index in [9.17, 15) is 4.79 Å². The van der Waals surface area contributed by atoms with Crippen molar-refractivity contribution in [1.29, 1.82) is 0 Å². The summed E-state index contributed by atoms with van der Waals surface area (Å²) in [7, 11) is 2.05. The first-order valence-electron chi connectivity index (χ1n) is 8.51. The molecule has 0 saturated carbocycles. The van der Waals surface area contributed by atoms with Crippen LogP contribution in [-0.4, -0.2) is 47.6 Å². The van der Waals surface area contributed by atoms with E-state index in [2.05, 4.69) is 32.7 Å². The van der Waals surface area contributed by atoms with Crippen molar-refractivity contribution in [3.8, 4) is 11.5 Å². The van der Waals surface area contributed by atoms with Gasteiger partial charge in [0, 0.05) is 25.0 Å². The molecular weight excluding hydrogens is 354 g/mol. The van der Waals surface area contributed by atoms with Crippen molar-refractivity contribution < 1.29 is 9.32 Å². The van der Waals surface area contributed by atoms with Crippen molar-refractivity contribution in [2.24, 2.45) is 5.41 Å². The van der Waals surface area contributed by atoms with Gasteiger partial charge in [0.15, 0.2) is 5.82 Å². The van der Waals surface area contributed by atoms with Crippen LogP contribution < -0.4 is 10.6 Å². The molecule has 0 aliphatic carbocycles. The first-order chi connectivity index (χ1) is 11.9. The Labute approximate surface area is 159 Å². The van der Waals surface area contributed by atoms with Gasteiger partial charge in [-0.3, -0.25) is 9.69 Å². The van der Waals surface area contributed by atoms with Gasteiger partial charge in [-0.2, -0.15) is 4.98 Å². The number of piperazine rings is 1. The second kappa shape index (κ2) is 8.16. The van der Waals surface area contributed by atoms with Gasteiger partial charge in [-0.15, -0.1) is 12.4 Å². The van der Waals surface area contributed by atoms with Crippen LogP contribution in [0.2, 0.25) is 0 Å². The van der Waals surface area contributed by atoms with Crippen molar-refractivity contribution >= 4 is 24.0 Å². The summed E-state index contributed by atoms with van der Waals surface area (Å²) < 4.78 is 5.49. The van der Waals surface area contributed by atoms with Crippen molar-refractivity contribution in [1.82, 2.24) is 20.4 Å². The molecule has 0 spiro atoms. The molecule has 1 aromatic carbocycles. The van der Waals surface area contributed by atoms with Crippen molar-refractivity contribution in [3.63, 3.8) is 0 Å². The maximum atomic E-state index is 12.3. The lowest BCUT2D eigenvalue weighted by atomic mass is 9.95. The molecule has 1 aliphatic rings. The van der Waals surface area contributed by atoms with Crippen molar-refractivity contribution in [3.05, 3.63) is 30.1 Å². The Morgan fingerprint density at radius 2 is 2.08 bits per heavy atom. The highest BCUT2D eigenvalue weighted by atomic mass is 35.5. The van der Waals surface area contributed by atoms with E-state index in [0.717, 1.165) is 25.2 Å². The molecule has 1 atom stereocenters. The van der Waals surface area contributed by atoms with Gasteiger partial charge in [0.25, 0.3) is 5.89 Å². The van der Waals surface area contributed by atoms with Crippen LogP contribution >= 0.6 is 12.4 Å². The Morgan fingerprint density at radius 3 is 2.77 bits per heavy atom. The number of carbonyl (C=O) groups is 1. The first kappa shape index (κ1) is 20.4. The molecule has 1 saturated heterocycles. The maximum Gasteiger partial charge on any atom is 0.260 e. The van der Waals surface area contributed by atoms with E-state index < -0.39 is 5.41 Å². The van der Waals surface area contributed by atoms with Crippen molar-refractivity contribution in [2.45, 2.75) is 26.8 Å². The Morgan fingerprint density at radius 1 is 1.35 bits per heavy atom. The number of anilines is 1. The Balaban J connectivity index is 0.00000243. The van der Waals surface area contributed by atoms with Crippen LogP contribution in [0.3, 0.4) is 0 Å². The predicted molar refractivity (Wildman–Crippen MR) is 103 cm³/mol. The lowest BCUT2D eigenvalue weighted by Crippen LogP contribution is -2.44. The highest BCUT2D eigenvalue weighted by Gasteiger charge is 2.27. The molecule has 1 aliphatic heterocycles. The van der Waals surface area contributed by atoms with Gasteiger partial charge in [-0.1, -0.05) is 38.1 Å². The summed E-state index contributed by atoms with van der Waals surface area (Å²) in [6.07, 6.45) is 0. The van der Waals surface area contributed by atoms with Crippen LogP contribution in [0.1, 0.15) is 32.6 Å². The molecule has 2 aromatic rings. The first-order valence-corrected chi connectivity index (χ1v) is 8.51. The van der Waals surface area contributed by atoms with Crippen molar-refractivity contribution in [2.75, 3.05) is 32.0 Å². The number of likely N-dealkylation sites (N-methyl/N-ethyl adjacent to an activating group) is 1. The van der Waals surface area contributed by atoms with E-state index in [1.807, 2.05) is 45.0 Å². The maximum absolute atomic E-state index is 12.3. The van der Waals surface area contributed by atoms with Crippen LogP contribution in [0.5, 0.6) is 0 Å². The summed E-state index contributed by atoms with van der Waals surface area (Å²) in [6.45, 7) is 8.31. The fourth-order valence-electron chi connectivity index (χ4n) is 2.66. The smallest absolute Gasteiger partial charge is 0.260 e. The second-order valence-electron chi connectivity index (χ2n) is 7.41. The van der Waals surface area contributed by atoms with Gasteiger partial charge in [-0.25, -0.2) is 0 Å². The minimum Gasteiger partial charge on any atom is -0.334 e. The summed E-state index contributed by atoms with van der Waals surface area (Å²) in [5.74, 6) is 1.01. The number of carbonyl (C=O) groups excluding carboxylic acids is 1. The van der Waals surface area contributed by atoms with Gasteiger partial charge < -0.3 is 15.2 Å². The van der Waals surface area contributed by atoms with Gasteiger partial charge in [0.2, 0.25) is 5.91 Å². The van der Waals surface area contributed by atoms with Crippen LogP contribution in [0.4, 0.5) is 5.69 Å². The van der Waals surface area contributed by atoms with Crippen LogP contribution in [0, 0.1) is 5.41 Å². The average molecular weight is 380 g/mol. The minimum atomic E-state index is -0.483. The second-order valence-corrected chi connectivity index (χ2v) is 7.41. The summed E-state index contributed by atoms with van der Waals surface area (Å²) >= 11 is 0. The molecule has 2 heterocycles. The van der Waals surface area contributed by atoms with E-state index in [4.69, 9.17) is 4.52 Å². The van der Waals surface area contributed by atoms with Gasteiger partial charge in [0.1, 0.15) is 0 Å². The molecular formula is C18H26ClN5O2. The van der Waals surface area contributed by atoms with Crippen LogP contribution in [-0.2, 0) is 4.79 Å². The summed E-state index contributed by atoms with van der Waals surface area (Å²) in [6, 6.07) is 7.57. The fraction of sp³-hybridized carbons (Fsp3) is 0.500. The Bertz CT molecular complexity index is 756. The summed E-state index contributed by atoms with van der Waals surface area (Å²) in [5.41, 5.74) is 0.918. The van der Waals surface area contributed by atoms with Gasteiger partial charge >= 0.3 is 0 Å². The van der Waals surface area contributed by atoms with Crippen LogP contribution in [0.15, 0.2) is 28.8 Å². The zero-order chi connectivity index (χ0) is 18.0. The Hall–Kier alpha value is -1.96. The molecule has 3 rings (SSSR count). The number of amides is 1. The zero-order valence-corrected chi connectivity index (χ0v) is 16.4. The lowest BCUT2D eigenvalue weighted by molar-refractivity contribution is -0.123. The largest absolute Gasteiger partial charge is 0.334 e. The molecule has 2 N–H and O–H groups in total. The molecule has 142 valence electrons. The van der Waals surface area contributed by atoms with E-state index in [0.29, 0.717) is 17.4 Å². The highest BCUT2D eigenvalue weighted by molar-refractivity contribution is 5.97. The number of halogens is 1. The van der Waals surface area contributed by atoms with Gasteiger partial charge in [0.05, 0.1) is 17.3 Å². The average Bonchev–Trinajstić information content (AvgIpc) is 3.04. The van der Waals surface area contributed by atoms with E-state index in [1.165, 1.54) is 0 Å². The lowest BCUT2D eigenvalue weighted by Gasteiger charge is -2.30. The third-order valence-corrected chi connectivity index (χ3v) is 4.34. The monoisotopic (exact) mass is 379 g/mol. The molecule has 7 nitrogen and oxygen atoms in total. The fourth-order valence-corrected chi connectivity index (χ4v) is 2.66. The number of nitrogens with zero attached hydrogens (tertiary/aromatic N) is 3. The molecule has 1 aromatic heterocycles. The number of rotatable bonds is 3. The SMILES string of the molecule is CN1CCNCC1c1noc(-c2ccccc2NC(=O)C(C)(C)C)n1.Cl. The van der Waals surface area contributed by atoms with Crippen LogP contribution in [0.25, 0.3) is 11.5 Å². The molecule has 1 amide bonds. The standard InChI is InChI=1S/C18H25N5O2.ClH/c1-18(2,3)17(24)20-13-8-6-5-7-12(13)16-21-15(22-25-16)14-11-19-9-10-23(14)4;/h5-8,14,19H,9-11H2,1-4H3,(H,20,24);1H. The van der Waals surface area contributed by atoms with E-state index in [-0.39, 0.29) is 24.4 Å². The number of para-hydroxylation sites is 1. The number of benzene rings is 1. The Kier molecular flexibility index (Phi) is 6.39. The molecule has 26 heavy (non-hydrogen) atoms. The van der Waals surface area contributed by atoms with Gasteiger partial charge in [-0.05, 0) is 19.2 Å². The molecule has 0 radical (unpaired) electrons. The quantitative estimate of drug-likeness (QED) is 0.853. The minimum absolute atomic E-state index is 0. The topological polar surface area (TPSA) is 83.3 Å². The molecule has 1 fully saturated rings. The molecule has 0 bridgehead atoms. The van der Waals surface area contributed by atoms with E-state index in [1.54, 1.807) is 0 Å². The number of hydrogen-bond donors (Lipinski definition) is 2. The highest BCUT2D eigenvalue weighted by Crippen LogP contribution is 2.29. The summed E-state index contributed by atoms with van der Waals surface area (Å²) in [5, 5.41) is 10.5. The zero-order valence-electron chi connectivity index (χ0n) is 15.6. The third kappa shape index (κ3) is 4.41. The summed E-state index contributed by atoms with van der Waals surface area (Å²) in [4.78, 5) is 19.1. The third-order valence-electron chi connectivity index (χ3n) is 4.34. The molecule has 8 heteroatoms. The number of nitrogens with one attached hydrogen (secondary N) is 2. The number of hydrogen-bond acceptors (Lipinski definition) is 6.